The van der Waals surface area contributed by atoms with E-state index in [1.165, 1.54) is 6.08 Å². The Morgan fingerprint density at radius 3 is 2.27 bits per heavy atom. The van der Waals surface area contributed by atoms with E-state index in [-0.39, 0.29) is 11.9 Å². The summed E-state index contributed by atoms with van der Waals surface area (Å²) >= 11 is 6.24. The number of benzene rings is 2. The number of halogens is 1. The number of aryl methyl sites for hydroxylation is 2. The Balaban J connectivity index is 0.000000521. The second-order valence-electron chi connectivity index (χ2n) is 7.75. The van der Waals surface area contributed by atoms with Gasteiger partial charge >= 0.3 is 17.9 Å². The van der Waals surface area contributed by atoms with E-state index in [2.05, 4.69) is 11.4 Å². The van der Waals surface area contributed by atoms with Crippen molar-refractivity contribution in [1.29, 1.82) is 0 Å². The van der Waals surface area contributed by atoms with Crippen molar-refractivity contribution >= 4 is 46.8 Å². The number of fused-ring (bicyclic) bond motifs is 2. The van der Waals surface area contributed by atoms with Crippen LogP contribution < -0.4 is 10.2 Å². The van der Waals surface area contributed by atoms with Crippen LogP contribution in [0.4, 0.5) is 11.4 Å². The molecule has 0 atom stereocenters. The van der Waals surface area contributed by atoms with Gasteiger partial charge in [0.25, 0.3) is 0 Å². The minimum atomic E-state index is -1.26. The second-order valence-corrected chi connectivity index (χ2v) is 8.19. The van der Waals surface area contributed by atoms with Gasteiger partial charge in [0.1, 0.15) is 0 Å². The summed E-state index contributed by atoms with van der Waals surface area (Å²) in [4.78, 5) is 45.3. The van der Waals surface area contributed by atoms with E-state index >= 15 is 0 Å². The predicted octanol–water partition coefficient (Wildman–Crippen LogP) is 3.91. The van der Waals surface area contributed by atoms with Crippen molar-refractivity contribution in [2.45, 2.75) is 26.2 Å². The van der Waals surface area contributed by atoms with Gasteiger partial charge in [-0.3, -0.25) is 9.69 Å². The number of ether oxygens (including phenoxy) is 1. The molecule has 0 aromatic heterocycles. The smallest absolute Gasteiger partial charge is 0.330 e. The highest BCUT2D eigenvalue weighted by molar-refractivity contribution is 6.31. The minimum absolute atomic E-state index is 0.00439. The molecule has 1 aliphatic heterocycles. The first kappa shape index (κ1) is 29.3. The van der Waals surface area contributed by atoms with Gasteiger partial charge in [0.2, 0.25) is 5.91 Å². The van der Waals surface area contributed by atoms with E-state index in [1.807, 2.05) is 36.4 Å². The predicted molar refractivity (Wildman–Crippen MR) is 140 cm³/mol. The molecule has 0 fully saturated rings. The van der Waals surface area contributed by atoms with Crippen LogP contribution in [0, 0.1) is 0 Å². The number of para-hydroxylation sites is 1. The number of nitrogens with one attached hydrogen (secondary N) is 1. The third-order valence-corrected chi connectivity index (χ3v) is 5.36. The summed E-state index contributed by atoms with van der Waals surface area (Å²) in [5.41, 5.74) is 4.04. The lowest BCUT2D eigenvalue weighted by molar-refractivity contribution is -0.137. The molecule has 0 radical (unpaired) electrons. The number of carbonyl (C=O) groups is 4. The topological polar surface area (TPSA) is 133 Å². The number of carboxylic acid groups (broad SMARTS) is 2. The van der Waals surface area contributed by atoms with Crippen LogP contribution in [0.3, 0.4) is 0 Å². The number of aliphatic carboxylic acids is 2. The maximum atomic E-state index is 13.2. The van der Waals surface area contributed by atoms with Gasteiger partial charge in [0, 0.05) is 42.8 Å². The zero-order valence-electron chi connectivity index (χ0n) is 20.4. The molecule has 0 saturated carbocycles. The second kappa shape index (κ2) is 15.2. The fourth-order valence-electron chi connectivity index (χ4n) is 3.55. The van der Waals surface area contributed by atoms with Crippen molar-refractivity contribution in [3.05, 3.63) is 82.9 Å². The molecule has 3 N–H and O–H groups in total. The summed E-state index contributed by atoms with van der Waals surface area (Å²) in [5, 5.41) is 19.4. The molecule has 2 aromatic rings. The number of hydrogen-bond donors (Lipinski definition) is 3. The number of amides is 1. The Morgan fingerprint density at radius 1 is 0.973 bits per heavy atom. The molecule has 9 nitrogen and oxygen atoms in total. The summed E-state index contributed by atoms with van der Waals surface area (Å²) in [5.74, 6) is -2.87. The van der Waals surface area contributed by atoms with Crippen LogP contribution in [0.5, 0.6) is 0 Å². The van der Waals surface area contributed by atoms with E-state index in [4.69, 9.17) is 26.6 Å². The molecule has 0 saturated heterocycles. The number of rotatable bonds is 9. The maximum Gasteiger partial charge on any atom is 0.330 e. The standard InChI is InChI=1S/C23H25ClN2O3.C4H4O4/c1-2-29-23(28)8-5-14-25-15-13-22(27)26-20-7-4-3-6-17(20)9-10-18-11-12-19(24)16-21(18)26;5-3(6)1-2-4(7)8/h3-8,11-12,16,25H,2,9-10,13-15H2,1H3;1-2H,(H,5,6)(H,7,8)/b8-5+;2-1-. The van der Waals surface area contributed by atoms with E-state index in [0.717, 1.165) is 35.3 Å². The first-order valence-electron chi connectivity index (χ1n) is 11.6. The molecule has 3 rings (SSSR count). The Labute approximate surface area is 220 Å². The van der Waals surface area contributed by atoms with Gasteiger partial charge in [-0.05, 0) is 49.1 Å². The van der Waals surface area contributed by atoms with Crippen molar-refractivity contribution in [3.8, 4) is 0 Å². The Bertz CT molecular complexity index is 1160. The van der Waals surface area contributed by atoms with Crippen LogP contribution in [0.15, 0.2) is 66.8 Å². The van der Waals surface area contributed by atoms with Gasteiger partial charge in [-0.15, -0.1) is 0 Å². The van der Waals surface area contributed by atoms with Gasteiger partial charge in [-0.2, -0.15) is 0 Å². The molecule has 0 unspecified atom stereocenters. The SMILES string of the molecule is CCOC(=O)/C=C/CNCCC(=O)N1c2ccccc2CCc2ccc(Cl)cc21.O=C(O)/C=C\C(=O)O. The summed E-state index contributed by atoms with van der Waals surface area (Å²) in [6, 6.07) is 13.8. The van der Waals surface area contributed by atoms with E-state index in [1.54, 1.807) is 17.9 Å². The molecular weight excluding hydrogens is 500 g/mol. The maximum absolute atomic E-state index is 13.2. The van der Waals surface area contributed by atoms with Crippen LogP contribution >= 0.6 is 11.6 Å². The average molecular weight is 529 g/mol. The van der Waals surface area contributed by atoms with Crippen molar-refractivity contribution in [3.63, 3.8) is 0 Å². The molecule has 0 aliphatic carbocycles. The van der Waals surface area contributed by atoms with Crippen LogP contribution in [-0.2, 0) is 36.8 Å². The normalized spacial score (nSPS) is 12.2. The molecule has 0 bridgehead atoms. The lowest BCUT2D eigenvalue weighted by Gasteiger charge is -2.25. The van der Waals surface area contributed by atoms with Crippen molar-refractivity contribution < 1.29 is 34.1 Å². The highest BCUT2D eigenvalue weighted by atomic mass is 35.5. The van der Waals surface area contributed by atoms with E-state index in [0.29, 0.717) is 43.3 Å². The number of carbonyl (C=O) groups excluding carboxylic acids is 2. The Hall–Kier alpha value is -3.95. The van der Waals surface area contributed by atoms with Gasteiger partial charge in [-0.25, -0.2) is 14.4 Å². The van der Waals surface area contributed by atoms with Crippen molar-refractivity contribution in [2.24, 2.45) is 0 Å². The zero-order valence-corrected chi connectivity index (χ0v) is 21.1. The molecule has 37 heavy (non-hydrogen) atoms. The molecule has 1 aliphatic rings. The fraction of sp³-hybridized carbons (Fsp3) is 0.259. The van der Waals surface area contributed by atoms with Gasteiger partial charge in [0.05, 0.1) is 18.0 Å². The van der Waals surface area contributed by atoms with Crippen LogP contribution in [-0.4, -0.2) is 53.7 Å². The molecule has 0 spiro atoms. The highest BCUT2D eigenvalue weighted by Crippen LogP contribution is 2.37. The molecule has 1 amide bonds. The van der Waals surface area contributed by atoms with Gasteiger partial charge < -0.3 is 20.3 Å². The molecule has 1 heterocycles. The van der Waals surface area contributed by atoms with E-state index in [9.17, 15) is 19.2 Å². The molecule has 10 heteroatoms. The third kappa shape index (κ3) is 9.91. The quantitative estimate of drug-likeness (QED) is 0.253. The third-order valence-electron chi connectivity index (χ3n) is 5.12. The van der Waals surface area contributed by atoms with Gasteiger partial charge in [0.15, 0.2) is 0 Å². The van der Waals surface area contributed by atoms with Gasteiger partial charge in [-0.1, -0.05) is 41.9 Å². The number of anilines is 2. The van der Waals surface area contributed by atoms with Crippen LogP contribution in [0.25, 0.3) is 0 Å². The minimum Gasteiger partial charge on any atom is -0.478 e. The lowest BCUT2D eigenvalue weighted by atomic mass is 10.0. The summed E-state index contributed by atoms with van der Waals surface area (Å²) in [6.07, 6.45) is 6.27. The monoisotopic (exact) mass is 528 g/mol. The number of esters is 1. The lowest BCUT2D eigenvalue weighted by Crippen LogP contribution is -2.30. The molecule has 2 aromatic carbocycles. The van der Waals surface area contributed by atoms with Crippen molar-refractivity contribution in [1.82, 2.24) is 5.32 Å². The Morgan fingerprint density at radius 2 is 1.62 bits per heavy atom. The number of hydrogen-bond acceptors (Lipinski definition) is 6. The number of carboxylic acids is 2. The zero-order chi connectivity index (χ0) is 27.2. The van der Waals surface area contributed by atoms with Crippen LogP contribution in [0.2, 0.25) is 5.02 Å². The summed E-state index contributed by atoms with van der Waals surface area (Å²) in [6.45, 7) is 3.11. The summed E-state index contributed by atoms with van der Waals surface area (Å²) < 4.78 is 4.83. The van der Waals surface area contributed by atoms with E-state index < -0.39 is 11.9 Å². The molecular formula is C27H29ClN2O7. The summed E-state index contributed by atoms with van der Waals surface area (Å²) in [7, 11) is 0. The number of nitrogens with zero attached hydrogens (tertiary/aromatic N) is 1. The van der Waals surface area contributed by atoms with Crippen molar-refractivity contribution in [2.75, 3.05) is 24.6 Å². The fourth-order valence-corrected chi connectivity index (χ4v) is 3.71. The first-order valence-corrected chi connectivity index (χ1v) is 12.0. The van der Waals surface area contributed by atoms with Crippen LogP contribution in [0.1, 0.15) is 24.5 Å². The largest absolute Gasteiger partial charge is 0.478 e. The Kier molecular flexibility index (Phi) is 12.0. The first-order chi connectivity index (χ1) is 17.7. The highest BCUT2D eigenvalue weighted by Gasteiger charge is 2.25. The average Bonchev–Trinajstić information content (AvgIpc) is 3.02. The molecule has 196 valence electrons.